The van der Waals surface area contributed by atoms with Crippen molar-refractivity contribution < 1.29 is 9.72 Å². The summed E-state index contributed by atoms with van der Waals surface area (Å²) in [5, 5.41) is 10.6. The molecule has 0 atom stereocenters. The van der Waals surface area contributed by atoms with E-state index in [2.05, 4.69) is 0 Å². The van der Waals surface area contributed by atoms with Gasteiger partial charge in [-0.3, -0.25) is 25.1 Å². The second-order valence-electron chi connectivity index (χ2n) is 3.71. The molecule has 0 bridgehead atoms. The van der Waals surface area contributed by atoms with Crippen molar-refractivity contribution in [3.8, 4) is 0 Å². The predicted octanol–water partition coefficient (Wildman–Crippen LogP) is -0.0833. The first kappa shape index (κ1) is 13.8. The Morgan fingerprint density at radius 2 is 2.22 bits per heavy atom. The molecule has 98 valence electrons. The van der Waals surface area contributed by atoms with Crippen LogP contribution in [0.1, 0.15) is 19.3 Å². The van der Waals surface area contributed by atoms with E-state index in [-0.39, 0.29) is 5.91 Å². The van der Waals surface area contributed by atoms with Crippen LogP contribution in [0.2, 0.25) is 0 Å². The van der Waals surface area contributed by atoms with Gasteiger partial charge in [0.15, 0.2) is 0 Å². The molecule has 3 N–H and O–H groups in total. The van der Waals surface area contributed by atoms with Gasteiger partial charge in [-0.05, 0) is 12.8 Å². The summed E-state index contributed by atoms with van der Waals surface area (Å²) < 4.78 is 1.56. The van der Waals surface area contributed by atoms with Gasteiger partial charge in [-0.15, -0.1) is 0 Å². The van der Waals surface area contributed by atoms with Crippen LogP contribution in [-0.2, 0) is 11.3 Å². The molecule has 0 aliphatic rings. The Labute approximate surface area is 103 Å². The van der Waals surface area contributed by atoms with Gasteiger partial charge in [0.05, 0.1) is 11.1 Å². The van der Waals surface area contributed by atoms with Crippen LogP contribution in [0.25, 0.3) is 0 Å². The Morgan fingerprint density at radius 3 is 2.83 bits per heavy atom. The summed E-state index contributed by atoms with van der Waals surface area (Å²) in [5.74, 6) is 4.67. The normalized spacial score (nSPS) is 10.1. The van der Waals surface area contributed by atoms with Gasteiger partial charge >= 0.3 is 5.69 Å². The summed E-state index contributed by atoms with van der Waals surface area (Å²) in [6.07, 6.45) is 4.26. The van der Waals surface area contributed by atoms with E-state index in [0.717, 1.165) is 6.07 Å². The summed E-state index contributed by atoms with van der Waals surface area (Å²) in [4.78, 5) is 31.8. The molecule has 8 nitrogen and oxygen atoms in total. The highest BCUT2D eigenvalue weighted by Gasteiger charge is 2.11. The van der Waals surface area contributed by atoms with E-state index < -0.39 is 16.0 Å². The molecule has 0 saturated carbocycles. The standard InChI is InChI=1S/C10H14N4O4/c11-12-10(16)3-1-2-5-13-6-4-9(15)8(7-13)14(17)18/h4,6-7H,1-3,5,11H2,(H,12,16). The zero-order valence-electron chi connectivity index (χ0n) is 9.67. The van der Waals surface area contributed by atoms with Gasteiger partial charge in [0.1, 0.15) is 0 Å². The monoisotopic (exact) mass is 254 g/mol. The second kappa shape index (κ2) is 6.50. The topological polar surface area (TPSA) is 120 Å². The second-order valence-corrected chi connectivity index (χ2v) is 3.71. The van der Waals surface area contributed by atoms with Gasteiger partial charge in [0.25, 0.3) is 5.43 Å². The number of hydrogen-bond donors (Lipinski definition) is 2. The lowest BCUT2D eigenvalue weighted by Crippen LogP contribution is -2.29. The number of nitrogens with zero attached hydrogens (tertiary/aromatic N) is 2. The fraction of sp³-hybridized carbons (Fsp3) is 0.400. The molecular formula is C10H14N4O4. The number of carbonyl (C=O) groups excluding carboxylic acids is 1. The SMILES string of the molecule is NNC(=O)CCCCn1ccc(=O)c([N+](=O)[O-])c1. The van der Waals surface area contributed by atoms with Crippen LogP contribution in [0.4, 0.5) is 5.69 Å². The van der Waals surface area contributed by atoms with E-state index in [1.165, 1.54) is 12.4 Å². The molecule has 0 spiro atoms. The number of carbonyl (C=O) groups is 1. The molecule has 0 aliphatic heterocycles. The van der Waals surface area contributed by atoms with Gasteiger partial charge in [-0.1, -0.05) is 0 Å². The maximum Gasteiger partial charge on any atom is 0.332 e. The average molecular weight is 254 g/mol. The van der Waals surface area contributed by atoms with Gasteiger partial charge < -0.3 is 4.57 Å². The van der Waals surface area contributed by atoms with E-state index in [1.807, 2.05) is 5.43 Å². The smallest absolute Gasteiger partial charge is 0.332 e. The zero-order valence-corrected chi connectivity index (χ0v) is 9.67. The lowest BCUT2D eigenvalue weighted by atomic mass is 10.2. The first-order valence-corrected chi connectivity index (χ1v) is 5.38. The fourth-order valence-corrected chi connectivity index (χ4v) is 1.44. The van der Waals surface area contributed by atoms with Crippen molar-refractivity contribution in [3.05, 3.63) is 38.8 Å². The Balaban J connectivity index is 2.53. The number of nitro groups is 1. The lowest BCUT2D eigenvalue weighted by molar-refractivity contribution is -0.386. The molecular weight excluding hydrogens is 240 g/mol. The van der Waals surface area contributed by atoms with Crippen LogP contribution >= 0.6 is 0 Å². The number of rotatable bonds is 6. The van der Waals surface area contributed by atoms with Crippen LogP contribution in [-0.4, -0.2) is 15.4 Å². The predicted molar refractivity (Wildman–Crippen MR) is 63.5 cm³/mol. The van der Waals surface area contributed by atoms with Crippen molar-refractivity contribution >= 4 is 11.6 Å². The van der Waals surface area contributed by atoms with Gasteiger partial charge in [-0.2, -0.15) is 0 Å². The third-order valence-electron chi connectivity index (χ3n) is 2.39. The summed E-state index contributed by atoms with van der Waals surface area (Å²) in [7, 11) is 0. The fourth-order valence-electron chi connectivity index (χ4n) is 1.44. The number of unbranched alkanes of at least 4 members (excludes halogenated alkanes) is 1. The van der Waals surface area contributed by atoms with Crippen molar-refractivity contribution in [1.29, 1.82) is 0 Å². The lowest BCUT2D eigenvalue weighted by Gasteiger charge is -2.05. The molecule has 0 saturated heterocycles. The summed E-state index contributed by atoms with van der Waals surface area (Å²) in [6, 6.07) is 1.16. The van der Waals surface area contributed by atoms with E-state index in [0.29, 0.717) is 25.8 Å². The number of amides is 1. The summed E-state index contributed by atoms with van der Waals surface area (Å²) in [6.45, 7) is 0.499. The number of nitrogens with one attached hydrogen (secondary N) is 1. The first-order valence-electron chi connectivity index (χ1n) is 5.38. The average Bonchev–Trinajstić information content (AvgIpc) is 2.35. The van der Waals surface area contributed by atoms with Gasteiger partial charge in [0, 0.05) is 25.2 Å². The highest BCUT2D eigenvalue weighted by atomic mass is 16.6. The van der Waals surface area contributed by atoms with E-state index in [9.17, 15) is 19.7 Å². The Bertz CT molecular complexity index is 497. The molecule has 0 aromatic carbocycles. The van der Waals surface area contributed by atoms with Crippen molar-refractivity contribution in [1.82, 2.24) is 9.99 Å². The van der Waals surface area contributed by atoms with Crippen LogP contribution in [0.3, 0.4) is 0 Å². The number of aromatic nitrogens is 1. The third-order valence-corrected chi connectivity index (χ3v) is 2.39. The molecule has 18 heavy (non-hydrogen) atoms. The molecule has 0 aliphatic carbocycles. The molecule has 1 heterocycles. The van der Waals surface area contributed by atoms with Crippen molar-refractivity contribution in [2.45, 2.75) is 25.8 Å². The van der Waals surface area contributed by atoms with Crippen molar-refractivity contribution in [2.75, 3.05) is 0 Å². The molecule has 1 rings (SSSR count). The molecule has 0 fully saturated rings. The minimum absolute atomic E-state index is 0.249. The summed E-state index contributed by atoms with van der Waals surface area (Å²) in [5.41, 5.74) is 0.959. The maximum atomic E-state index is 11.1. The highest BCUT2D eigenvalue weighted by Crippen LogP contribution is 2.05. The number of pyridine rings is 1. The highest BCUT2D eigenvalue weighted by molar-refractivity contribution is 5.74. The number of hydrogen-bond acceptors (Lipinski definition) is 5. The third kappa shape index (κ3) is 3.98. The van der Waals surface area contributed by atoms with Gasteiger partial charge in [0.2, 0.25) is 5.91 Å². The van der Waals surface area contributed by atoms with Crippen molar-refractivity contribution in [3.63, 3.8) is 0 Å². The van der Waals surface area contributed by atoms with Crippen LogP contribution in [0, 0.1) is 10.1 Å². The Hall–Kier alpha value is -2.22. The maximum absolute atomic E-state index is 11.1. The molecule has 1 amide bonds. The summed E-state index contributed by atoms with van der Waals surface area (Å²) >= 11 is 0. The molecule has 1 aromatic heterocycles. The first-order chi connectivity index (χ1) is 8.54. The Morgan fingerprint density at radius 1 is 1.50 bits per heavy atom. The molecule has 1 aromatic rings. The quantitative estimate of drug-likeness (QED) is 0.242. The Kier molecular flexibility index (Phi) is 5.00. The van der Waals surface area contributed by atoms with E-state index >= 15 is 0 Å². The molecule has 0 radical (unpaired) electrons. The minimum Gasteiger partial charge on any atom is -0.348 e. The van der Waals surface area contributed by atoms with Crippen LogP contribution < -0.4 is 16.7 Å². The number of aryl methyl sites for hydroxylation is 1. The van der Waals surface area contributed by atoms with Gasteiger partial charge in [-0.25, -0.2) is 5.84 Å². The molecule has 0 unspecified atom stereocenters. The van der Waals surface area contributed by atoms with E-state index in [4.69, 9.17) is 5.84 Å². The zero-order chi connectivity index (χ0) is 13.5. The molecule has 8 heteroatoms. The number of hydrazine groups is 1. The number of nitrogens with two attached hydrogens (primary N) is 1. The van der Waals surface area contributed by atoms with Crippen LogP contribution in [0.5, 0.6) is 0 Å². The van der Waals surface area contributed by atoms with E-state index in [1.54, 1.807) is 4.57 Å². The van der Waals surface area contributed by atoms with Crippen molar-refractivity contribution in [2.24, 2.45) is 5.84 Å². The minimum atomic E-state index is -0.708. The van der Waals surface area contributed by atoms with Crippen LogP contribution in [0.15, 0.2) is 23.3 Å². The largest absolute Gasteiger partial charge is 0.348 e.